The number of aromatic hydroxyl groups is 1. The van der Waals surface area contributed by atoms with Gasteiger partial charge in [0.15, 0.2) is 5.82 Å². The van der Waals surface area contributed by atoms with Gasteiger partial charge in [-0.25, -0.2) is 9.37 Å². The third-order valence-electron chi connectivity index (χ3n) is 7.31. The van der Waals surface area contributed by atoms with Crippen molar-refractivity contribution in [3.63, 3.8) is 0 Å². The lowest BCUT2D eigenvalue weighted by Crippen LogP contribution is -2.48. The molecule has 0 saturated carbocycles. The summed E-state index contributed by atoms with van der Waals surface area (Å²) in [5, 5.41) is 15.9. The lowest BCUT2D eigenvalue weighted by atomic mass is 9.96. The molecule has 0 radical (unpaired) electrons. The molecule has 6 rings (SSSR count). The van der Waals surface area contributed by atoms with Crippen molar-refractivity contribution in [1.82, 2.24) is 14.9 Å². The van der Waals surface area contributed by atoms with Crippen LogP contribution in [0.1, 0.15) is 6.42 Å². The van der Waals surface area contributed by atoms with Crippen LogP contribution in [0, 0.1) is 5.82 Å². The number of nitrogens with one attached hydrogen (secondary N) is 1. The van der Waals surface area contributed by atoms with Gasteiger partial charge < -0.3 is 25.0 Å². The van der Waals surface area contributed by atoms with Crippen LogP contribution in [0.25, 0.3) is 32.8 Å². The van der Waals surface area contributed by atoms with E-state index < -0.39 is 5.82 Å². The Morgan fingerprint density at radius 2 is 1.95 bits per heavy atom. The van der Waals surface area contributed by atoms with Crippen LogP contribution in [0.2, 0.25) is 5.02 Å². The predicted molar refractivity (Wildman–Crippen MR) is 151 cm³/mol. The molecule has 4 aromatic rings. The normalized spacial score (nSPS) is 17.6. The summed E-state index contributed by atoms with van der Waals surface area (Å²) in [4.78, 5) is 25.2. The van der Waals surface area contributed by atoms with Crippen LogP contribution in [0.3, 0.4) is 0 Å². The first-order valence-electron chi connectivity index (χ1n) is 12.9. The molecule has 2 aliphatic heterocycles. The fraction of sp³-hybridized carbons (Fsp3) is 0.276. The number of phenolic OH excluding ortho intramolecular Hbond substituents is 1. The van der Waals surface area contributed by atoms with E-state index in [0.29, 0.717) is 62.1 Å². The monoisotopic (exact) mass is 547 g/mol. The molecule has 1 aromatic heterocycles. The number of aromatic nitrogens is 2. The number of halogens is 2. The van der Waals surface area contributed by atoms with Gasteiger partial charge in [-0.15, -0.1) is 0 Å². The molecule has 1 atom stereocenters. The average molecular weight is 548 g/mol. The second-order valence-corrected chi connectivity index (χ2v) is 10.2. The molecule has 8 nitrogen and oxygen atoms in total. The van der Waals surface area contributed by atoms with Crippen LogP contribution >= 0.6 is 11.6 Å². The summed E-state index contributed by atoms with van der Waals surface area (Å²) < 4.78 is 22.0. The molecular formula is C29H27ClFN5O3. The lowest BCUT2D eigenvalue weighted by molar-refractivity contribution is -0.126. The molecular weight excluding hydrogens is 521 g/mol. The number of ether oxygens (including phenoxy) is 1. The van der Waals surface area contributed by atoms with Gasteiger partial charge in [-0.05, 0) is 47.0 Å². The van der Waals surface area contributed by atoms with E-state index >= 15 is 4.39 Å². The second kappa shape index (κ2) is 10.3. The highest BCUT2D eigenvalue weighted by molar-refractivity contribution is 6.35. The highest BCUT2D eigenvalue weighted by Crippen LogP contribution is 2.42. The maximum atomic E-state index is 16.5. The quantitative estimate of drug-likeness (QED) is 0.340. The minimum atomic E-state index is -0.594. The summed E-state index contributed by atoms with van der Waals surface area (Å²) >= 11 is 6.78. The Morgan fingerprint density at radius 3 is 2.69 bits per heavy atom. The van der Waals surface area contributed by atoms with Gasteiger partial charge >= 0.3 is 0 Å². The highest BCUT2D eigenvalue weighted by Gasteiger charge is 2.27. The smallest absolute Gasteiger partial charge is 0.246 e. The largest absolute Gasteiger partial charge is 0.508 e. The van der Waals surface area contributed by atoms with Crippen molar-refractivity contribution >= 4 is 50.9 Å². The summed E-state index contributed by atoms with van der Waals surface area (Å²) in [7, 11) is 0. The molecule has 39 heavy (non-hydrogen) atoms. The van der Waals surface area contributed by atoms with E-state index in [9.17, 15) is 9.90 Å². The van der Waals surface area contributed by atoms with Crippen LogP contribution in [0.4, 0.5) is 16.2 Å². The molecule has 1 unspecified atom stereocenters. The van der Waals surface area contributed by atoms with E-state index in [4.69, 9.17) is 21.3 Å². The van der Waals surface area contributed by atoms with E-state index in [-0.39, 0.29) is 33.8 Å². The van der Waals surface area contributed by atoms with E-state index in [2.05, 4.69) is 16.9 Å². The van der Waals surface area contributed by atoms with Crippen molar-refractivity contribution in [1.29, 1.82) is 0 Å². The first-order valence-corrected chi connectivity index (χ1v) is 13.2. The Labute approximate surface area is 229 Å². The Hall–Kier alpha value is -3.95. The number of anilines is 2. The van der Waals surface area contributed by atoms with Crippen LogP contribution in [0.5, 0.6) is 5.75 Å². The topological polar surface area (TPSA) is 90.8 Å². The Balaban J connectivity index is 1.51. The number of carbonyl (C=O) groups is 1. The van der Waals surface area contributed by atoms with Gasteiger partial charge in [0.1, 0.15) is 17.1 Å². The predicted octanol–water partition coefficient (Wildman–Crippen LogP) is 4.98. The fourth-order valence-electron chi connectivity index (χ4n) is 5.33. The fourth-order valence-corrected chi connectivity index (χ4v) is 5.63. The lowest BCUT2D eigenvalue weighted by Gasteiger charge is -2.35. The number of rotatable bonds is 5. The van der Waals surface area contributed by atoms with Crippen LogP contribution < -0.4 is 10.2 Å². The van der Waals surface area contributed by atoms with Crippen molar-refractivity contribution < 1.29 is 19.0 Å². The molecule has 2 fully saturated rings. The summed E-state index contributed by atoms with van der Waals surface area (Å²) in [5.74, 6) is 0.134. The van der Waals surface area contributed by atoms with Crippen LogP contribution in [0.15, 0.2) is 55.1 Å². The average Bonchev–Trinajstić information content (AvgIpc) is 3.46. The second-order valence-electron chi connectivity index (χ2n) is 9.75. The number of phenols is 1. The molecule has 2 N–H and O–H groups in total. The molecule has 3 aromatic carbocycles. The van der Waals surface area contributed by atoms with Crippen molar-refractivity contribution in [3.8, 4) is 16.9 Å². The highest BCUT2D eigenvalue weighted by atomic mass is 35.5. The molecule has 3 heterocycles. The Morgan fingerprint density at radius 1 is 1.15 bits per heavy atom. The minimum Gasteiger partial charge on any atom is -0.508 e. The van der Waals surface area contributed by atoms with E-state index in [1.807, 2.05) is 29.2 Å². The zero-order chi connectivity index (χ0) is 27.1. The van der Waals surface area contributed by atoms with E-state index in [1.54, 1.807) is 17.0 Å². The maximum absolute atomic E-state index is 16.5. The summed E-state index contributed by atoms with van der Waals surface area (Å²) in [6, 6.07) is 12.3. The maximum Gasteiger partial charge on any atom is 0.246 e. The number of benzene rings is 3. The zero-order valence-electron chi connectivity index (χ0n) is 21.2. The number of carbonyl (C=O) groups excluding carboxylic acids is 1. The van der Waals surface area contributed by atoms with Gasteiger partial charge in [-0.1, -0.05) is 42.4 Å². The van der Waals surface area contributed by atoms with Gasteiger partial charge in [-0.2, -0.15) is 4.98 Å². The molecule has 0 bridgehead atoms. The number of hydrogen-bond donors (Lipinski definition) is 2. The van der Waals surface area contributed by atoms with Gasteiger partial charge in [0.25, 0.3) is 0 Å². The molecule has 2 saturated heterocycles. The minimum absolute atomic E-state index is 0.0122. The van der Waals surface area contributed by atoms with E-state index in [1.165, 1.54) is 12.1 Å². The first kappa shape index (κ1) is 25.3. The summed E-state index contributed by atoms with van der Waals surface area (Å²) in [6.45, 7) is 6.72. The molecule has 10 heteroatoms. The summed E-state index contributed by atoms with van der Waals surface area (Å²) in [6.07, 6.45) is 2.10. The number of amides is 1. The third kappa shape index (κ3) is 4.72. The number of fused-ring (bicyclic) bond motifs is 2. The van der Waals surface area contributed by atoms with Gasteiger partial charge in [0.05, 0.1) is 17.7 Å². The van der Waals surface area contributed by atoms with Gasteiger partial charge in [0, 0.05) is 43.7 Å². The van der Waals surface area contributed by atoms with Gasteiger partial charge in [-0.3, -0.25) is 4.79 Å². The third-order valence-corrected chi connectivity index (χ3v) is 7.61. The van der Waals surface area contributed by atoms with Crippen LogP contribution in [-0.4, -0.2) is 71.3 Å². The zero-order valence-corrected chi connectivity index (χ0v) is 21.9. The van der Waals surface area contributed by atoms with Gasteiger partial charge in [0.2, 0.25) is 11.9 Å². The number of hydrogen-bond acceptors (Lipinski definition) is 7. The van der Waals surface area contributed by atoms with Crippen molar-refractivity contribution in [3.05, 3.63) is 66.0 Å². The Bertz CT molecular complexity index is 1600. The molecule has 200 valence electrons. The van der Waals surface area contributed by atoms with Crippen LogP contribution in [-0.2, 0) is 9.53 Å². The number of piperazine rings is 1. The van der Waals surface area contributed by atoms with Crippen molar-refractivity contribution in [2.24, 2.45) is 0 Å². The molecule has 0 aliphatic carbocycles. The van der Waals surface area contributed by atoms with Crippen molar-refractivity contribution in [2.75, 3.05) is 49.6 Å². The molecule has 2 aliphatic rings. The molecule has 1 amide bonds. The SMILES string of the molecule is C=CC(=O)N1CCN(c2nc(NC3CCOC3)nc3c(F)c(-c4cc(O)cc5ccccc45)c(Cl)cc23)CC1. The number of nitrogens with zero attached hydrogens (tertiary/aromatic N) is 4. The first-order chi connectivity index (χ1) is 18.9. The Kier molecular flexibility index (Phi) is 6.70. The summed E-state index contributed by atoms with van der Waals surface area (Å²) in [5.41, 5.74) is 0.765. The molecule has 0 spiro atoms. The standard InChI is InChI=1S/C29H27ClFN5O3/c1-2-24(38)35-8-10-36(11-9-35)28-22-15-23(30)25(21-14-19(37)13-17-5-3-4-6-20(17)21)26(31)27(22)33-29(34-28)32-18-7-12-39-16-18/h2-6,13-15,18,37H,1,7-12,16H2,(H,32,33,34). The van der Waals surface area contributed by atoms with Crippen molar-refractivity contribution in [2.45, 2.75) is 12.5 Å². The van der Waals surface area contributed by atoms with E-state index in [0.717, 1.165) is 17.2 Å².